The quantitative estimate of drug-likeness (QED) is 0.717. The standard InChI is InChI=1S/C21H20FN3O/c1-2-6-18-21(23-14-19(24-18)16-7-4-3-5-8-16)25-20(26)13-15-9-11-17(22)12-10-15/h3-5,7-12,14H,2,6,13H2,1H3,(H,23,25,26). The number of hydrogen-bond donors (Lipinski definition) is 1. The summed E-state index contributed by atoms with van der Waals surface area (Å²) in [6.07, 6.45) is 3.45. The molecule has 2 aromatic carbocycles. The molecule has 3 rings (SSSR count). The monoisotopic (exact) mass is 349 g/mol. The Balaban J connectivity index is 1.78. The van der Waals surface area contributed by atoms with Crippen LogP contribution in [0.15, 0.2) is 60.8 Å². The first kappa shape index (κ1) is 17.7. The Morgan fingerprint density at radius 2 is 1.81 bits per heavy atom. The molecular weight excluding hydrogens is 329 g/mol. The van der Waals surface area contributed by atoms with Crippen molar-refractivity contribution in [3.8, 4) is 11.3 Å². The number of hydrogen-bond acceptors (Lipinski definition) is 3. The van der Waals surface area contributed by atoms with Gasteiger partial charge in [0.05, 0.1) is 24.0 Å². The smallest absolute Gasteiger partial charge is 0.229 e. The van der Waals surface area contributed by atoms with Gasteiger partial charge in [-0.15, -0.1) is 0 Å². The van der Waals surface area contributed by atoms with Crippen LogP contribution in [0.4, 0.5) is 10.2 Å². The van der Waals surface area contributed by atoms with Gasteiger partial charge in [0.15, 0.2) is 5.82 Å². The third kappa shape index (κ3) is 4.51. The summed E-state index contributed by atoms with van der Waals surface area (Å²) in [5.74, 6) is -0.0314. The minimum atomic E-state index is -0.318. The van der Waals surface area contributed by atoms with E-state index in [1.54, 1.807) is 18.3 Å². The molecule has 0 saturated carbocycles. The van der Waals surface area contributed by atoms with Crippen LogP contribution in [0.2, 0.25) is 0 Å². The number of amides is 1. The van der Waals surface area contributed by atoms with Crippen molar-refractivity contribution in [1.82, 2.24) is 9.97 Å². The van der Waals surface area contributed by atoms with Crippen molar-refractivity contribution < 1.29 is 9.18 Å². The van der Waals surface area contributed by atoms with E-state index in [1.807, 2.05) is 30.3 Å². The van der Waals surface area contributed by atoms with E-state index in [4.69, 9.17) is 0 Å². The molecule has 0 aliphatic heterocycles. The molecule has 0 aliphatic carbocycles. The summed E-state index contributed by atoms with van der Waals surface area (Å²) in [5.41, 5.74) is 3.28. The molecule has 1 heterocycles. The van der Waals surface area contributed by atoms with E-state index in [0.717, 1.165) is 35.4 Å². The van der Waals surface area contributed by atoms with Crippen molar-refractivity contribution in [1.29, 1.82) is 0 Å². The molecular formula is C21H20FN3O. The number of aromatic nitrogens is 2. The van der Waals surface area contributed by atoms with E-state index in [1.165, 1.54) is 12.1 Å². The lowest BCUT2D eigenvalue weighted by Gasteiger charge is -2.11. The Labute approximate surface area is 152 Å². The van der Waals surface area contributed by atoms with E-state index in [0.29, 0.717) is 5.82 Å². The van der Waals surface area contributed by atoms with Crippen molar-refractivity contribution in [3.63, 3.8) is 0 Å². The van der Waals surface area contributed by atoms with Crippen molar-refractivity contribution in [2.24, 2.45) is 0 Å². The van der Waals surface area contributed by atoms with Crippen molar-refractivity contribution in [2.45, 2.75) is 26.2 Å². The molecule has 0 aliphatic rings. The van der Waals surface area contributed by atoms with Gasteiger partial charge in [-0.05, 0) is 24.1 Å². The fourth-order valence-corrected chi connectivity index (χ4v) is 2.65. The summed E-state index contributed by atoms with van der Waals surface area (Å²) in [4.78, 5) is 21.4. The second-order valence-corrected chi connectivity index (χ2v) is 6.02. The lowest BCUT2D eigenvalue weighted by molar-refractivity contribution is -0.115. The molecule has 1 amide bonds. The highest BCUT2D eigenvalue weighted by molar-refractivity contribution is 5.91. The fraction of sp³-hybridized carbons (Fsp3) is 0.190. The Morgan fingerprint density at radius 1 is 1.08 bits per heavy atom. The maximum absolute atomic E-state index is 13.0. The summed E-state index contributed by atoms with van der Waals surface area (Å²) < 4.78 is 13.0. The molecule has 0 fully saturated rings. The maximum atomic E-state index is 13.0. The van der Waals surface area contributed by atoms with Crippen LogP contribution in [0, 0.1) is 5.82 Å². The Hall–Kier alpha value is -3.08. The molecule has 0 unspecified atom stereocenters. The van der Waals surface area contributed by atoms with Crippen LogP contribution in [0.3, 0.4) is 0 Å². The summed E-state index contributed by atoms with van der Waals surface area (Å²) in [6.45, 7) is 2.06. The number of carbonyl (C=O) groups excluding carboxylic acids is 1. The minimum Gasteiger partial charge on any atom is -0.309 e. The zero-order valence-corrected chi connectivity index (χ0v) is 14.6. The zero-order valence-electron chi connectivity index (χ0n) is 14.6. The van der Waals surface area contributed by atoms with Gasteiger partial charge in [0.25, 0.3) is 0 Å². The van der Waals surface area contributed by atoms with Crippen LogP contribution < -0.4 is 5.32 Å². The van der Waals surface area contributed by atoms with Gasteiger partial charge in [-0.25, -0.2) is 14.4 Å². The second-order valence-electron chi connectivity index (χ2n) is 6.02. The molecule has 0 atom stereocenters. The molecule has 26 heavy (non-hydrogen) atoms. The summed E-state index contributed by atoms with van der Waals surface area (Å²) >= 11 is 0. The maximum Gasteiger partial charge on any atom is 0.229 e. The first-order valence-electron chi connectivity index (χ1n) is 8.61. The lowest BCUT2D eigenvalue weighted by atomic mass is 10.1. The van der Waals surface area contributed by atoms with Crippen LogP contribution >= 0.6 is 0 Å². The molecule has 3 aromatic rings. The van der Waals surface area contributed by atoms with Crippen molar-refractivity contribution in [3.05, 3.63) is 77.9 Å². The van der Waals surface area contributed by atoms with Crippen LogP contribution in [0.1, 0.15) is 24.6 Å². The molecule has 132 valence electrons. The van der Waals surface area contributed by atoms with Gasteiger partial charge >= 0.3 is 0 Å². The predicted molar refractivity (Wildman–Crippen MR) is 100 cm³/mol. The molecule has 0 spiro atoms. The first-order valence-corrected chi connectivity index (χ1v) is 8.61. The fourth-order valence-electron chi connectivity index (χ4n) is 2.65. The average molecular weight is 349 g/mol. The molecule has 0 saturated heterocycles. The van der Waals surface area contributed by atoms with Gasteiger partial charge in [0, 0.05) is 5.56 Å². The molecule has 1 N–H and O–H groups in total. The van der Waals surface area contributed by atoms with E-state index < -0.39 is 0 Å². The van der Waals surface area contributed by atoms with E-state index in [9.17, 15) is 9.18 Å². The van der Waals surface area contributed by atoms with Crippen LogP contribution in [-0.2, 0) is 17.6 Å². The Bertz CT molecular complexity index is 880. The number of rotatable bonds is 6. The van der Waals surface area contributed by atoms with Crippen LogP contribution in [0.5, 0.6) is 0 Å². The SMILES string of the molecule is CCCc1nc(-c2ccccc2)cnc1NC(=O)Cc1ccc(F)cc1. The van der Waals surface area contributed by atoms with Crippen molar-refractivity contribution in [2.75, 3.05) is 5.32 Å². The van der Waals surface area contributed by atoms with Gasteiger partial charge in [0.1, 0.15) is 5.82 Å². The number of carbonyl (C=O) groups is 1. The normalized spacial score (nSPS) is 10.5. The highest BCUT2D eigenvalue weighted by Crippen LogP contribution is 2.20. The zero-order chi connectivity index (χ0) is 18.4. The van der Waals surface area contributed by atoms with E-state index >= 15 is 0 Å². The van der Waals surface area contributed by atoms with Gasteiger partial charge in [-0.1, -0.05) is 55.8 Å². The highest BCUT2D eigenvalue weighted by Gasteiger charge is 2.12. The Morgan fingerprint density at radius 3 is 2.50 bits per heavy atom. The van der Waals surface area contributed by atoms with Crippen LogP contribution in [-0.4, -0.2) is 15.9 Å². The van der Waals surface area contributed by atoms with E-state index in [2.05, 4.69) is 22.2 Å². The number of aryl methyl sites for hydroxylation is 1. The summed E-state index contributed by atoms with van der Waals surface area (Å²) in [5, 5.41) is 2.83. The molecule has 4 nitrogen and oxygen atoms in total. The number of nitrogens with zero attached hydrogens (tertiary/aromatic N) is 2. The highest BCUT2D eigenvalue weighted by atomic mass is 19.1. The molecule has 1 aromatic heterocycles. The first-order chi connectivity index (χ1) is 12.7. The topological polar surface area (TPSA) is 54.9 Å². The predicted octanol–water partition coefficient (Wildman–Crippen LogP) is 4.42. The number of halogens is 1. The van der Waals surface area contributed by atoms with Gasteiger partial charge in [-0.3, -0.25) is 4.79 Å². The molecule has 5 heteroatoms. The van der Waals surface area contributed by atoms with Gasteiger partial charge in [0.2, 0.25) is 5.91 Å². The minimum absolute atomic E-state index is 0.161. The van der Waals surface area contributed by atoms with E-state index in [-0.39, 0.29) is 18.1 Å². The molecule has 0 bridgehead atoms. The average Bonchev–Trinajstić information content (AvgIpc) is 2.66. The van der Waals surface area contributed by atoms with Crippen LogP contribution in [0.25, 0.3) is 11.3 Å². The van der Waals surface area contributed by atoms with Crippen molar-refractivity contribution >= 4 is 11.7 Å². The number of benzene rings is 2. The van der Waals surface area contributed by atoms with Gasteiger partial charge in [-0.2, -0.15) is 0 Å². The number of anilines is 1. The van der Waals surface area contributed by atoms with Gasteiger partial charge < -0.3 is 5.32 Å². The third-order valence-electron chi connectivity index (χ3n) is 3.94. The summed E-state index contributed by atoms with van der Waals surface area (Å²) in [6, 6.07) is 15.7. The molecule has 0 radical (unpaired) electrons. The second kappa shape index (κ2) is 8.34. The Kier molecular flexibility index (Phi) is 5.69. The third-order valence-corrected chi connectivity index (χ3v) is 3.94. The number of nitrogens with one attached hydrogen (secondary N) is 1. The largest absolute Gasteiger partial charge is 0.309 e. The lowest BCUT2D eigenvalue weighted by Crippen LogP contribution is -2.17. The summed E-state index contributed by atoms with van der Waals surface area (Å²) in [7, 11) is 0.